The van der Waals surface area contributed by atoms with Crippen LogP contribution in [0.2, 0.25) is 0 Å². The second-order valence-electron chi connectivity index (χ2n) is 4.34. The summed E-state index contributed by atoms with van der Waals surface area (Å²) in [4.78, 5) is 15.2. The van der Waals surface area contributed by atoms with E-state index in [-0.39, 0.29) is 5.82 Å². The molecule has 0 spiro atoms. The monoisotopic (exact) mass is 283 g/mol. The van der Waals surface area contributed by atoms with Crippen molar-refractivity contribution in [2.45, 2.75) is 31.0 Å². The van der Waals surface area contributed by atoms with Crippen LogP contribution in [0.5, 0.6) is 0 Å². The number of aliphatic hydroxyl groups excluding tert-OH is 2. The zero-order chi connectivity index (χ0) is 14.9. The second-order valence-corrected chi connectivity index (χ2v) is 4.34. The van der Waals surface area contributed by atoms with Gasteiger partial charge in [0.2, 0.25) is 5.67 Å². The zero-order valence-corrected chi connectivity index (χ0v) is 10.7. The second kappa shape index (κ2) is 5.20. The molecule has 7 nitrogen and oxygen atoms in total. The quantitative estimate of drug-likeness (QED) is 0.588. The maximum atomic E-state index is 14.9. The van der Waals surface area contributed by atoms with Crippen LogP contribution in [0, 0.1) is 11.8 Å². The van der Waals surface area contributed by atoms with Gasteiger partial charge in [-0.15, -0.1) is 5.92 Å². The Morgan fingerprint density at radius 3 is 2.95 bits per heavy atom. The number of rotatable bonds is 2. The Hall–Kier alpha value is -1.95. The molecule has 8 heteroatoms. The molecule has 20 heavy (non-hydrogen) atoms. The first-order valence-electron chi connectivity index (χ1n) is 5.86. The van der Waals surface area contributed by atoms with Gasteiger partial charge in [-0.1, -0.05) is 5.92 Å². The molecule has 0 aromatic carbocycles. The van der Waals surface area contributed by atoms with E-state index in [2.05, 4.69) is 16.8 Å². The third kappa shape index (κ3) is 2.16. The Balaban J connectivity index is 2.52. The van der Waals surface area contributed by atoms with Crippen LogP contribution >= 0.6 is 0 Å². The molecular formula is C12H14FN3O4. The molecule has 2 heterocycles. The van der Waals surface area contributed by atoms with Gasteiger partial charge in [0.25, 0.3) is 0 Å². The van der Waals surface area contributed by atoms with Crippen molar-refractivity contribution in [1.82, 2.24) is 9.55 Å². The summed E-state index contributed by atoms with van der Waals surface area (Å²) in [5.41, 5.74) is 2.00. The molecule has 1 aromatic heterocycles. The lowest BCUT2D eigenvalue weighted by atomic mass is 9.96. The normalized spacial score (nSPS) is 32.7. The lowest BCUT2D eigenvalue weighted by molar-refractivity contribution is -0.0542. The number of nitrogen functional groups attached to an aromatic ring is 1. The van der Waals surface area contributed by atoms with Gasteiger partial charge in [-0.2, -0.15) is 4.98 Å². The van der Waals surface area contributed by atoms with Crippen molar-refractivity contribution < 1.29 is 19.3 Å². The van der Waals surface area contributed by atoms with E-state index in [1.54, 1.807) is 0 Å². The van der Waals surface area contributed by atoms with E-state index in [1.165, 1.54) is 19.2 Å². The highest BCUT2D eigenvalue weighted by Gasteiger charge is 2.57. The van der Waals surface area contributed by atoms with Gasteiger partial charge in [-0.05, 0) is 13.0 Å². The van der Waals surface area contributed by atoms with Crippen molar-refractivity contribution in [2.24, 2.45) is 0 Å². The fourth-order valence-corrected chi connectivity index (χ4v) is 2.10. The Bertz CT molecular complexity index is 623. The smallest absolute Gasteiger partial charge is 0.351 e. The molecule has 0 bridgehead atoms. The van der Waals surface area contributed by atoms with Crippen LogP contribution < -0.4 is 11.4 Å². The molecule has 4 atom stereocenters. The van der Waals surface area contributed by atoms with Gasteiger partial charge in [-0.25, -0.2) is 9.18 Å². The Morgan fingerprint density at radius 2 is 2.40 bits per heavy atom. The van der Waals surface area contributed by atoms with Crippen molar-refractivity contribution >= 4 is 5.82 Å². The van der Waals surface area contributed by atoms with Crippen molar-refractivity contribution in [3.8, 4) is 11.8 Å². The van der Waals surface area contributed by atoms with E-state index < -0.39 is 36.4 Å². The highest BCUT2D eigenvalue weighted by atomic mass is 19.1. The maximum absolute atomic E-state index is 14.9. The number of halogens is 1. The van der Waals surface area contributed by atoms with Crippen molar-refractivity contribution in [3.63, 3.8) is 0 Å². The minimum Gasteiger partial charge on any atom is -0.394 e. The van der Waals surface area contributed by atoms with Gasteiger partial charge >= 0.3 is 5.69 Å². The van der Waals surface area contributed by atoms with E-state index in [1.807, 2.05) is 0 Å². The zero-order valence-electron chi connectivity index (χ0n) is 10.7. The maximum Gasteiger partial charge on any atom is 0.351 e. The number of ether oxygens (including phenoxy) is 1. The van der Waals surface area contributed by atoms with Crippen LogP contribution in [0.1, 0.15) is 13.2 Å². The number of anilines is 1. The molecule has 1 aliphatic rings. The summed E-state index contributed by atoms with van der Waals surface area (Å²) < 4.78 is 20.9. The summed E-state index contributed by atoms with van der Waals surface area (Å²) in [6, 6.07) is 1.29. The van der Waals surface area contributed by atoms with Gasteiger partial charge in [0, 0.05) is 6.20 Å². The third-order valence-electron chi connectivity index (χ3n) is 3.05. The van der Waals surface area contributed by atoms with Crippen LogP contribution in [0.15, 0.2) is 17.1 Å². The number of aromatic nitrogens is 2. The predicted molar refractivity (Wildman–Crippen MR) is 67.2 cm³/mol. The molecule has 0 saturated carbocycles. The number of hydrogen-bond donors (Lipinski definition) is 3. The van der Waals surface area contributed by atoms with Gasteiger partial charge in [-0.3, -0.25) is 4.57 Å². The van der Waals surface area contributed by atoms with Gasteiger partial charge < -0.3 is 20.7 Å². The summed E-state index contributed by atoms with van der Waals surface area (Å²) in [5.74, 6) is 4.53. The highest BCUT2D eigenvalue weighted by molar-refractivity contribution is 5.26. The number of aliphatic hydroxyl groups is 2. The summed E-state index contributed by atoms with van der Waals surface area (Å²) in [6.45, 7) is 0.785. The fraction of sp³-hybridized carbons (Fsp3) is 0.500. The van der Waals surface area contributed by atoms with E-state index >= 15 is 0 Å². The number of nitrogens with two attached hydrogens (primary N) is 1. The van der Waals surface area contributed by atoms with Crippen LogP contribution in [0.4, 0.5) is 10.2 Å². The number of nitrogens with zero attached hydrogens (tertiary/aromatic N) is 2. The Labute approximate surface area is 113 Å². The van der Waals surface area contributed by atoms with E-state index in [0.717, 1.165) is 4.57 Å². The molecule has 0 aliphatic carbocycles. The molecule has 1 aliphatic heterocycles. The molecule has 4 N–H and O–H groups in total. The van der Waals surface area contributed by atoms with E-state index in [0.29, 0.717) is 0 Å². The molecule has 0 amide bonds. The molecule has 1 fully saturated rings. The standard InChI is InChI=1S/C12H14FN3O4/c1-2-4-12(13)9(18)7(6-17)20-10(12)16-5-3-8(14)15-11(16)19/h3,5,7,9-10,17-18H,6H2,1H3,(H2,14,15,19)/t7?,9-,10?,12?/m0/s1. The van der Waals surface area contributed by atoms with Crippen LogP contribution in [-0.4, -0.2) is 44.2 Å². The van der Waals surface area contributed by atoms with Gasteiger partial charge in [0.15, 0.2) is 6.23 Å². The first-order valence-corrected chi connectivity index (χ1v) is 5.86. The molecular weight excluding hydrogens is 269 g/mol. The van der Waals surface area contributed by atoms with Gasteiger partial charge in [0.05, 0.1) is 6.61 Å². The minimum absolute atomic E-state index is 0.0189. The van der Waals surface area contributed by atoms with E-state index in [9.17, 15) is 14.3 Å². The topological polar surface area (TPSA) is 111 Å². The van der Waals surface area contributed by atoms with Gasteiger partial charge in [0.1, 0.15) is 18.0 Å². The third-order valence-corrected chi connectivity index (χ3v) is 3.05. The van der Waals surface area contributed by atoms with Crippen molar-refractivity contribution in [3.05, 3.63) is 22.7 Å². The Morgan fingerprint density at radius 1 is 1.70 bits per heavy atom. The molecule has 1 aromatic rings. The lowest BCUT2D eigenvalue weighted by Crippen LogP contribution is -2.44. The molecule has 3 unspecified atom stereocenters. The largest absolute Gasteiger partial charge is 0.394 e. The first-order chi connectivity index (χ1) is 9.43. The predicted octanol–water partition coefficient (Wildman–Crippen LogP) is -1.19. The average molecular weight is 283 g/mol. The van der Waals surface area contributed by atoms with Crippen molar-refractivity contribution in [1.29, 1.82) is 0 Å². The van der Waals surface area contributed by atoms with E-state index in [4.69, 9.17) is 15.6 Å². The highest BCUT2D eigenvalue weighted by Crippen LogP contribution is 2.40. The van der Waals surface area contributed by atoms with Crippen molar-refractivity contribution in [2.75, 3.05) is 12.3 Å². The van der Waals surface area contributed by atoms with Crippen LogP contribution in [0.25, 0.3) is 0 Å². The molecule has 2 rings (SSSR count). The molecule has 1 saturated heterocycles. The number of hydrogen-bond acceptors (Lipinski definition) is 6. The molecule has 108 valence electrons. The average Bonchev–Trinajstić information content (AvgIpc) is 2.63. The molecule has 0 radical (unpaired) electrons. The Kier molecular flexibility index (Phi) is 3.76. The summed E-state index contributed by atoms with van der Waals surface area (Å²) >= 11 is 0. The first kappa shape index (κ1) is 14.5. The summed E-state index contributed by atoms with van der Waals surface area (Å²) in [7, 11) is 0. The summed E-state index contributed by atoms with van der Waals surface area (Å²) in [5, 5.41) is 19.0. The van der Waals surface area contributed by atoms with Crippen LogP contribution in [-0.2, 0) is 4.74 Å². The van der Waals surface area contributed by atoms with Crippen LogP contribution in [0.3, 0.4) is 0 Å². The fourth-order valence-electron chi connectivity index (χ4n) is 2.10. The lowest BCUT2D eigenvalue weighted by Gasteiger charge is -2.23. The minimum atomic E-state index is -2.52. The SMILES string of the molecule is CC#CC1(F)C(n2ccc(N)nc2=O)OC(CO)[C@@H]1O. The number of alkyl halides is 1. The summed E-state index contributed by atoms with van der Waals surface area (Å²) in [6.07, 6.45) is -3.18.